The van der Waals surface area contributed by atoms with Crippen molar-refractivity contribution in [3.8, 4) is 11.5 Å². The molecule has 0 radical (unpaired) electrons. The Kier molecular flexibility index (Phi) is 6.32. The van der Waals surface area contributed by atoms with Crippen LogP contribution in [-0.4, -0.2) is 30.8 Å². The first-order valence-corrected chi connectivity index (χ1v) is 9.28. The highest BCUT2D eigenvalue weighted by Gasteiger charge is 2.20. The number of rotatable bonds is 8. The molecule has 0 saturated heterocycles. The van der Waals surface area contributed by atoms with Crippen molar-refractivity contribution in [1.29, 1.82) is 0 Å². The molecule has 146 valence electrons. The van der Waals surface area contributed by atoms with Crippen LogP contribution in [0.3, 0.4) is 0 Å². The largest absolute Gasteiger partial charge is 0.493 e. The average Bonchev–Trinajstić information content (AvgIpc) is 2.68. The third-order valence-electron chi connectivity index (χ3n) is 4.23. The van der Waals surface area contributed by atoms with Crippen molar-refractivity contribution in [2.24, 2.45) is 0 Å². The number of nitrogens with zero attached hydrogens (tertiary/aromatic N) is 1. The van der Waals surface area contributed by atoms with E-state index in [0.717, 1.165) is 5.75 Å². The Labute approximate surface area is 164 Å². The summed E-state index contributed by atoms with van der Waals surface area (Å²) in [5, 5.41) is 0.625. The van der Waals surface area contributed by atoms with Gasteiger partial charge < -0.3 is 19.9 Å². The maximum atomic E-state index is 12.3. The highest BCUT2D eigenvalue weighted by molar-refractivity contribution is 6.07. The number of anilines is 1. The van der Waals surface area contributed by atoms with Gasteiger partial charge in [-0.3, -0.25) is 4.98 Å². The first kappa shape index (κ1) is 19.5. The standard InChI is InChI=1S/C22H24N2O4/c1-3-26-22(25)19-15(2)24-17-11-7-12-18(20(17)21(19)23)28-14-8-13-27-16-9-5-4-6-10-16/h4-7,9-12H,3,8,13-14H2,1-2H3,(H2,23,24). The van der Waals surface area contributed by atoms with Gasteiger partial charge in [0, 0.05) is 6.42 Å². The molecule has 0 unspecified atom stereocenters. The average molecular weight is 380 g/mol. The molecular formula is C22H24N2O4. The quantitative estimate of drug-likeness (QED) is 0.467. The van der Waals surface area contributed by atoms with Crippen LogP contribution < -0.4 is 15.2 Å². The van der Waals surface area contributed by atoms with Gasteiger partial charge in [-0.1, -0.05) is 24.3 Å². The van der Waals surface area contributed by atoms with Gasteiger partial charge in [0.25, 0.3) is 0 Å². The highest BCUT2D eigenvalue weighted by atomic mass is 16.5. The second kappa shape index (κ2) is 9.08. The summed E-state index contributed by atoms with van der Waals surface area (Å²) in [5.74, 6) is 0.946. The van der Waals surface area contributed by atoms with E-state index in [0.29, 0.717) is 47.7 Å². The number of carbonyl (C=O) groups excluding carboxylic acids is 1. The van der Waals surface area contributed by atoms with Crippen molar-refractivity contribution < 1.29 is 19.0 Å². The molecule has 3 rings (SSSR count). The molecule has 0 saturated carbocycles. The van der Waals surface area contributed by atoms with Gasteiger partial charge in [-0.15, -0.1) is 0 Å². The molecular weight excluding hydrogens is 356 g/mol. The maximum Gasteiger partial charge on any atom is 0.342 e. The lowest BCUT2D eigenvalue weighted by Gasteiger charge is -2.15. The van der Waals surface area contributed by atoms with Crippen molar-refractivity contribution in [3.05, 3.63) is 59.8 Å². The minimum Gasteiger partial charge on any atom is -0.493 e. The summed E-state index contributed by atoms with van der Waals surface area (Å²) in [6.07, 6.45) is 0.704. The lowest BCUT2D eigenvalue weighted by molar-refractivity contribution is 0.0526. The van der Waals surface area contributed by atoms with Crippen LogP contribution >= 0.6 is 0 Å². The summed E-state index contributed by atoms with van der Waals surface area (Å²) in [7, 11) is 0. The van der Waals surface area contributed by atoms with Crippen LogP contribution in [0, 0.1) is 6.92 Å². The summed E-state index contributed by atoms with van der Waals surface area (Å²) < 4.78 is 16.7. The van der Waals surface area contributed by atoms with Crippen LogP contribution in [-0.2, 0) is 4.74 Å². The Balaban J connectivity index is 1.74. The summed E-state index contributed by atoms with van der Waals surface area (Å²) in [6, 6.07) is 15.2. The highest BCUT2D eigenvalue weighted by Crippen LogP contribution is 2.33. The predicted molar refractivity (Wildman–Crippen MR) is 109 cm³/mol. The number of aryl methyl sites for hydroxylation is 1. The molecule has 0 aliphatic carbocycles. The van der Waals surface area contributed by atoms with Crippen LogP contribution in [0.15, 0.2) is 48.5 Å². The van der Waals surface area contributed by atoms with E-state index in [4.69, 9.17) is 19.9 Å². The lowest BCUT2D eigenvalue weighted by Crippen LogP contribution is -2.12. The molecule has 2 N–H and O–H groups in total. The third kappa shape index (κ3) is 4.34. The number of pyridine rings is 1. The number of esters is 1. The maximum absolute atomic E-state index is 12.3. The zero-order chi connectivity index (χ0) is 19.9. The number of benzene rings is 2. The van der Waals surface area contributed by atoms with Gasteiger partial charge in [0.15, 0.2) is 0 Å². The van der Waals surface area contributed by atoms with E-state index in [2.05, 4.69) is 4.98 Å². The second-order valence-electron chi connectivity index (χ2n) is 6.22. The van der Waals surface area contributed by atoms with Crippen molar-refractivity contribution in [2.45, 2.75) is 20.3 Å². The molecule has 0 spiro atoms. The SMILES string of the molecule is CCOC(=O)c1c(C)nc2cccc(OCCCOc3ccccc3)c2c1N. The molecule has 1 heterocycles. The van der Waals surface area contributed by atoms with Crippen molar-refractivity contribution >= 4 is 22.6 Å². The topological polar surface area (TPSA) is 83.7 Å². The molecule has 2 aromatic carbocycles. The zero-order valence-electron chi connectivity index (χ0n) is 16.1. The predicted octanol–water partition coefficient (Wildman–Crippen LogP) is 4.15. The second-order valence-corrected chi connectivity index (χ2v) is 6.22. The van der Waals surface area contributed by atoms with Gasteiger partial charge in [0.2, 0.25) is 0 Å². The number of hydrogen-bond acceptors (Lipinski definition) is 6. The Morgan fingerprint density at radius 1 is 1.04 bits per heavy atom. The molecule has 6 nitrogen and oxygen atoms in total. The van der Waals surface area contributed by atoms with Crippen molar-refractivity contribution in [3.63, 3.8) is 0 Å². The molecule has 3 aromatic rings. The summed E-state index contributed by atoms with van der Waals surface area (Å²) in [5.41, 5.74) is 8.15. The van der Waals surface area contributed by atoms with Gasteiger partial charge >= 0.3 is 5.97 Å². The minimum absolute atomic E-state index is 0.273. The van der Waals surface area contributed by atoms with Gasteiger partial charge in [-0.2, -0.15) is 0 Å². The van der Waals surface area contributed by atoms with Gasteiger partial charge in [0.05, 0.1) is 42.1 Å². The Morgan fingerprint density at radius 2 is 1.79 bits per heavy atom. The number of nitrogens with two attached hydrogens (primary N) is 1. The first-order chi connectivity index (χ1) is 13.6. The van der Waals surface area contributed by atoms with E-state index < -0.39 is 5.97 Å². The van der Waals surface area contributed by atoms with Crippen LogP contribution in [0.25, 0.3) is 10.9 Å². The third-order valence-corrected chi connectivity index (χ3v) is 4.23. The van der Waals surface area contributed by atoms with Crippen LogP contribution in [0.5, 0.6) is 11.5 Å². The first-order valence-electron chi connectivity index (χ1n) is 9.28. The number of para-hydroxylation sites is 1. The van der Waals surface area contributed by atoms with Crippen molar-refractivity contribution in [2.75, 3.05) is 25.6 Å². The molecule has 6 heteroatoms. The molecule has 0 aliphatic rings. The van der Waals surface area contributed by atoms with E-state index in [1.807, 2.05) is 48.5 Å². The fourth-order valence-electron chi connectivity index (χ4n) is 2.97. The van der Waals surface area contributed by atoms with E-state index in [9.17, 15) is 4.79 Å². The number of nitrogen functional groups attached to an aromatic ring is 1. The van der Waals surface area contributed by atoms with E-state index in [-0.39, 0.29) is 12.2 Å². The molecule has 0 atom stereocenters. The Morgan fingerprint density at radius 3 is 2.54 bits per heavy atom. The normalized spacial score (nSPS) is 10.6. The monoisotopic (exact) mass is 380 g/mol. The van der Waals surface area contributed by atoms with E-state index >= 15 is 0 Å². The van der Waals surface area contributed by atoms with Crippen LogP contribution in [0.2, 0.25) is 0 Å². The fourth-order valence-corrected chi connectivity index (χ4v) is 2.97. The van der Waals surface area contributed by atoms with E-state index in [1.165, 1.54) is 0 Å². The Bertz CT molecular complexity index is 958. The van der Waals surface area contributed by atoms with Gasteiger partial charge in [-0.05, 0) is 38.1 Å². The summed E-state index contributed by atoms with van der Waals surface area (Å²) >= 11 is 0. The minimum atomic E-state index is -0.474. The number of ether oxygens (including phenoxy) is 3. The fraction of sp³-hybridized carbons (Fsp3) is 0.273. The Hall–Kier alpha value is -3.28. The van der Waals surface area contributed by atoms with E-state index in [1.54, 1.807) is 13.8 Å². The summed E-state index contributed by atoms with van der Waals surface area (Å²) in [4.78, 5) is 16.8. The molecule has 0 amide bonds. The zero-order valence-corrected chi connectivity index (χ0v) is 16.1. The van der Waals surface area contributed by atoms with Crippen LogP contribution in [0.1, 0.15) is 29.4 Å². The molecule has 0 fully saturated rings. The number of hydrogen-bond donors (Lipinski definition) is 1. The molecule has 28 heavy (non-hydrogen) atoms. The molecule has 0 aliphatic heterocycles. The number of aromatic nitrogens is 1. The van der Waals surface area contributed by atoms with Crippen LogP contribution in [0.4, 0.5) is 5.69 Å². The smallest absolute Gasteiger partial charge is 0.342 e. The van der Waals surface area contributed by atoms with Crippen molar-refractivity contribution in [1.82, 2.24) is 4.98 Å². The van der Waals surface area contributed by atoms with Gasteiger partial charge in [0.1, 0.15) is 17.1 Å². The summed E-state index contributed by atoms with van der Waals surface area (Å²) in [6.45, 7) is 4.76. The number of fused-ring (bicyclic) bond motifs is 1. The molecule has 0 bridgehead atoms. The molecule has 1 aromatic heterocycles. The lowest BCUT2D eigenvalue weighted by atomic mass is 10.1. The number of carbonyl (C=O) groups is 1. The van der Waals surface area contributed by atoms with Gasteiger partial charge in [-0.25, -0.2) is 4.79 Å².